The number of alkyl halides is 3. The highest BCUT2D eigenvalue weighted by molar-refractivity contribution is 5.76. The third-order valence-corrected chi connectivity index (χ3v) is 4.40. The van der Waals surface area contributed by atoms with E-state index in [4.69, 9.17) is 4.52 Å². The zero-order valence-corrected chi connectivity index (χ0v) is 15.8. The molecule has 29 heavy (non-hydrogen) atoms. The number of nitrogens with one attached hydrogen (secondary N) is 1. The number of rotatable bonds is 7. The Balaban J connectivity index is 1.50. The fourth-order valence-electron chi connectivity index (χ4n) is 2.73. The Morgan fingerprint density at radius 3 is 2.55 bits per heavy atom. The van der Waals surface area contributed by atoms with E-state index >= 15 is 0 Å². The van der Waals surface area contributed by atoms with E-state index < -0.39 is 11.7 Å². The van der Waals surface area contributed by atoms with Gasteiger partial charge in [0.05, 0.1) is 5.56 Å². The summed E-state index contributed by atoms with van der Waals surface area (Å²) < 4.78 is 43.4. The number of hydrogen-bond donors (Lipinski definition) is 1. The van der Waals surface area contributed by atoms with Crippen LogP contribution in [0.1, 0.15) is 35.9 Å². The molecule has 1 heterocycles. The van der Waals surface area contributed by atoms with Crippen molar-refractivity contribution in [2.45, 2.75) is 38.9 Å². The molecular formula is C21H20F3N3O2. The molecule has 0 aliphatic heterocycles. The van der Waals surface area contributed by atoms with Gasteiger partial charge in [-0.2, -0.15) is 18.2 Å². The second kappa shape index (κ2) is 8.89. The fourth-order valence-corrected chi connectivity index (χ4v) is 2.73. The van der Waals surface area contributed by atoms with Crippen molar-refractivity contribution in [2.75, 3.05) is 0 Å². The zero-order valence-electron chi connectivity index (χ0n) is 15.8. The van der Waals surface area contributed by atoms with E-state index in [1.807, 2.05) is 24.3 Å². The predicted molar refractivity (Wildman–Crippen MR) is 101 cm³/mol. The summed E-state index contributed by atoms with van der Waals surface area (Å²) in [5.74, 6) is 0.468. The number of benzene rings is 2. The van der Waals surface area contributed by atoms with Gasteiger partial charge in [-0.1, -0.05) is 48.5 Å². The van der Waals surface area contributed by atoms with E-state index in [2.05, 4.69) is 22.4 Å². The van der Waals surface area contributed by atoms with Gasteiger partial charge in [-0.05, 0) is 29.7 Å². The van der Waals surface area contributed by atoms with Crippen LogP contribution in [-0.2, 0) is 30.4 Å². The number of nitrogens with zero attached hydrogens (tertiary/aromatic N) is 2. The average molecular weight is 403 g/mol. The smallest absolute Gasteiger partial charge is 0.352 e. The van der Waals surface area contributed by atoms with Gasteiger partial charge in [0.15, 0.2) is 0 Å². The van der Waals surface area contributed by atoms with E-state index in [0.717, 1.165) is 24.1 Å². The number of carbonyl (C=O) groups excluding carboxylic acids is 1. The highest BCUT2D eigenvalue weighted by Crippen LogP contribution is 2.29. The molecule has 152 valence electrons. The van der Waals surface area contributed by atoms with Crippen molar-refractivity contribution in [3.8, 4) is 11.4 Å². The third-order valence-electron chi connectivity index (χ3n) is 4.40. The SMILES string of the molecule is CCc1ccc(-c2noc(CCC(=O)NCc3cccc(C(F)(F)F)c3)n2)cc1. The fraction of sp³-hybridized carbons (Fsp3) is 0.286. The van der Waals surface area contributed by atoms with Gasteiger partial charge in [0.25, 0.3) is 0 Å². The summed E-state index contributed by atoms with van der Waals surface area (Å²) in [7, 11) is 0. The second-order valence-corrected chi connectivity index (χ2v) is 6.54. The molecule has 1 amide bonds. The van der Waals surface area contributed by atoms with Crippen molar-refractivity contribution in [1.29, 1.82) is 0 Å². The first-order chi connectivity index (χ1) is 13.8. The lowest BCUT2D eigenvalue weighted by Crippen LogP contribution is -2.23. The first-order valence-corrected chi connectivity index (χ1v) is 9.20. The van der Waals surface area contributed by atoms with Crippen LogP contribution in [0.4, 0.5) is 13.2 Å². The van der Waals surface area contributed by atoms with Crippen LogP contribution < -0.4 is 5.32 Å². The third kappa shape index (κ3) is 5.66. The van der Waals surface area contributed by atoms with Gasteiger partial charge in [-0.15, -0.1) is 0 Å². The molecule has 0 radical (unpaired) electrons. The molecule has 0 saturated carbocycles. The zero-order chi connectivity index (χ0) is 20.9. The van der Waals surface area contributed by atoms with Gasteiger partial charge in [-0.25, -0.2) is 0 Å². The van der Waals surface area contributed by atoms with Crippen LogP contribution in [-0.4, -0.2) is 16.0 Å². The number of carbonyl (C=O) groups is 1. The Labute approximate surface area is 165 Å². The second-order valence-electron chi connectivity index (χ2n) is 6.54. The van der Waals surface area contributed by atoms with E-state index in [0.29, 0.717) is 17.3 Å². The number of aryl methyl sites for hydroxylation is 2. The minimum absolute atomic E-state index is 0.0155. The summed E-state index contributed by atoms with van der Waals surface area (Å²) in [6, 6.07) is 12.7. The molecule has 0 aliphatic carbocycles. The van der Waals surface area contributed by atoms with E-state index in [1.165, 1.54) is 17.7 Å². The Bertz CT molecular complexity index is 966. The molecule has 3 aromatic rings. The molecule has 0 fully saturated rings. The van der Waals surface area contributed by atoms with Crippen LogP contribution in [0, 0.1) is 0 Å². The summed E-state index contributed by atoms with van der Waals surface area (Å²) >= 11 is 0. The van der Waals surface area contributed by atoms with Crippen molar-refractivity contribution in [2.24, 2.45) is 0 Å². The monoisotopic (exact) mass is 403 g/mol. The maximum atomic E-state index is 12.7. The topological polar surface area (TPSA) is 68.0 Å². The Hall–Kier alpha value is -3.16. The lowest BCUT2D eigenvalue weighted by Gasteiger charge is -2.09. The maximum Gasteiger partial charge on any atom is 0.416 e. The highest BCUT2D eigenvalue weighted by Gasteiger charge is 2.30. The molecule has 0 saturated heterocycles. The predicted octanol–water partition coefficient (Wildman–Crippen LogP) is 4.57. The molecule has 1 N–H and O–H groups in total. The van der Waals surface area contributed by atoms with Crippen molar-refractivity contribution in [3.63, 3.8) is 0 Å². The molecule has 3 rings (SSSR count). The van der Waals surface area contributed by atoms with Crippen LogP contribution in [0.25, 0.3) is 11.4 Å². The quantitative estimate of drug-likeness (QED) is 0.628. The first-order valence-electron chi connectivity index (χ1n) is 9.20. The van der Waals surface area contributed by atoms with Crippen molar-refractivity contribution < 1.29 is 22.5 Å². The van der Waals surface area contributed by atoms with Crippen LogP contribution in [0.2, 0.25) is 0 Å². The lowest BCUT2D eigenvalue weighted by molar-refractivity contribution is -0.137. The number of amides is 1. The molecule has 0 bridgehead atoms. The van der Waals surface area contributed by atoms with Crippen LogP contribution in [0.3, 0.4) is 0 Å². The van der Waals surface area contributed by atoms with E-state index in [9.17, 15) is 18.0 Å². The molecule has 0 unspecified atom stereocenters. The van der Waals surface area contributed by atoms with Crippen LogP contribution in [0.15, 0.2) is 53.1 Å². The summed E-state index contributed by atoms with van der Waals surface area (Å²) in [6.07, 6.45) is -3.14. The summed E-state index contributed by atoms with van der Waals surface area (Å²) in [5, 5.41) is 6.52. The normalized spacial score (nSPS) is 11.4. The van der Waals surface area contributed by atoms with Crippen molar-refractivity contribution >= 4 is 5.91 Å². The van der Waals surface area contributed by atoms with Gasteiger partial charge in [-0.3, -0.25) is 4.79 Å². The number of halogens is 3. The number of aromatic nitrogens is 2. The van der Waals surface area contributed by atoms with Gasteiger partial charge in [0, 0.05) is 24.9 Å². The van der Waals surface area contributed by atoms with Gasteiger partial charge in [0.1, 0.15) is 0 Å². The molecule has 1 aromatic heterocycles. The van der Waals surface area contributed by atoms with Gasteiger partial charge in [0.2, 0.25) is 17.6 Å². The van der Waals surface area contributed by atoms with Gasteiger partial charge < -0.3 is 9.84 Å². The van der Waals surface area contributed by atoms with E-state index in [1.54, 1.807) is 0 Å². The highest BCUT2D eigenvalue weighted by atomic mass is 19.4. The average Bonchev–Trinajstić information content (AvgIpc) is 3.19. The molecular weight excluding hydrogens is 383 g/mol. The maximum absolute atomic E-state index is 12.7. The van der Waals surface area contributed by atoms with E-state index in [-0.39, 0.29) is 25.3 Å². The molecule has 0 spiro atoms. The minimum Gasteiger partial charge on any atom is -0.352 e. The molecule has 2 aromatic carbocycles. The number of hydrogen-bond acceptors (Lipinski definition) is 4. The van der Waals surface area contributed by atoms with Gasteiger partial charge >= 0.3 is 6.18 Å². The Kier molecular flexibility index (Phi) is 6.31. The lowest BCUT2D eigenvalue weighted by atomic mass is 10.1. The first kappa shape index (κ1) is 20.6. The van der Waals surface area contributed by atoms with Crippen LogP contribution in [0.5, 0.6) is 0 Å². The van der Waals surface area contributed by atoms with Crippen molar-refractivity contribution in [3.05, 3.63) is 71.1 Å². The molecule has 0 atom stereocenters. The Morgan fingerprint density at radius 1 is 1.10 bits per heavy atom. The summed E-state index contributed by atoms with van der Waals surface area (Å²) in [6.45, 7) is 2.08. The van der Waals surface area contributed by atoms with Crippen molar-refractivity contribution in [1.82, 2.24) is 15.5 Å². The summed E-state index contributed by atoms with van der Waals surface area (Å²) in [5.41, 5.74) is 1.67. The molecule has 8 heteroatoms. The Morgan fingerprint density at radius 2 is 1.86 bits per heavy atom. The minimum atomic E-state index is -4.41. The summed E-state index contributed by atoms with van der Waals surface area (Å²) in [4.78, 5) is 16.3. The molecule has 0 aliphatic rings. The van der Waals surface area contributed by atoms with Crippen LogP contribution >= 0.6 is 0 Å². The standard InChI is InChI=1S/C21H20F3N3O2/c1-2-14-6-8-16(9-7-14)20-26-19(29-27-20)11-10-18(28)25-13-15-4-3-5-17(12-15)21(22,23)24/h3-9,12H,2,10-11,13H2,1H3,(H,25,28). The largest absolute Gasteiger partial charge is 0.416 e. The molecule has 5 nitrogen and oxygen atoms in total.